The summed E-state index contributed by atoms with van der Waals surface area (Å²) < 4.78 is 20.5. The van der Waals surface area contributed by atoms with Gasteiger partial charge in [-0.2, -0.15) is 0 Å². The zero-order valence-electron chi connectivity index (χ0n) is 11.1. The second kappa shape index (κ2) is 6.74. The number of methoxy groups -OCH3 is 3. The van der Waals surface area contributed by atoms with Crippen molar-refractivity contribution in [3.63, 3.8) is 0 Å². The van der Waals surface area contributed by atoms with Gasteiger partial charge in [0.05, 0.1) is 27.8 Å². The fraction of sp³-hybridized carbons (Fsp3) is 0.462. The molecule has 0 amide bonds. The number of esters is 1. The van der Waals surface area contributed by atoms with Crippen LogP contribution in [0.3, 0.4) is 0 Å². The first-order chi connectivity index (χ1) is 8.60. The average Bonchev–Trinajstić information content (AvgIpc) is 2.38. The van der Waals surface area contributed by atoms with Gasteiger partial charge in [0.1, 0.15) is 11.9 Å². The SMILES string of the molecule is COC(=O)C[C@@H](C)Oc1cc(OC)ccc1OC. The minimum atomic E-state index is -0.315. The Labute approximate surface area is 107 Å². The number of carbonyl (C=O) groups excluding carboxylic acids is 1. The first kappa shape index (κ1) is 14.2. The summed E-state index contributed by atoms with van der Waals surface area (Å²) in [6.45, 7) is 1.79. The van der Waals surface area contributed by atoms with Crippen molar-refractivity contribution in [2.24, 2.45) is 0 Å². The monoisotopic (exact) mass is 254 g/mol. The van der Waals surface area contributed by atoms with Crippen LogP contribution >= 0.6 is 0 Å². The van der Waals surface area contributed by atoms with Crippen LogP contribution in [-0.2, 0) is 9.53 Å². The highest BCUT2D eigenvalue weighted by atomic mass is 16.5. The lowest BCUT2D eigenvalue weighted by Gasteiger charge is -2.16. The molecule has 0 aliphatic rings. The molecular formula is C13H18O5. The zero-order valence-corrected chi connectivity index (χ0v) is 11.1. The summed E-state index contributed by atoms with van der Waals surface area (Å²) >= 11 is 0. The Balaban J connectivity index is 2.78. The lowest BCUT2D eigenvalue weighted by molar-refractivity contribution is -0.142. The van der Waals surface area contributed by atoms with E-state index in [1.165, 1.54) is 7.11 Å². The van der Waals surface area contributed by atoms with E-state index in [1.54, 1.807) is 39.3 Å². The number of rotatable bonds is 6. The maximum Gasteiger partial charge on any atom is 0.309 e. The molecule has 0 saturated heterocycles. The van der Waals surface area contributed by atoms with Gasteiger partial charge in [-0.15, -0.1) is 0 Å². The highest BCUT2D eigenvalue weighted by Crippen LogP contribution is 2.32. The van der Waals surface area contributed by atoms with Gasteiger partial charge in [0.25, 0.3) is 0 Å². The van der Waals surface area contributed by atoms with E-state index >= 15 is 0 Å². The van der Waals surface area contributed by atoms with Gasteiger partial charge in [0.2, 0.25) is 0 Å². The Bertz CT molecular complexity index is 402. The maximum absolute atomic E-state index is 11.1. The first-order valence-electron chi connectivity index (χ1n) is 5.56. The van der Waals surface area contributed by atoms with E-state index in [-0.39, 0.29) is 18.5 Å². The number of carbonyl (C=O) groups is 1. The summed E-state index contributed by atoms with van der Waals surface area (Å²) in [5, 5.41) is 0. The van der Waals surface area contributed by atoms with Crippen molar-refractivity contribution in [1.82, 2.24) is 0 Å². The zero-order chi connectivity index (χ0) is 13.5. The fourth-order valence-electron chi connectivity index (χ4n) is 1.45. The number of benzene rings is 1. The summed E-state index contributed by atoms with van der Waals surface area (Å²) in [4.78, 5) is 11.1. The Morgan fingerprint density at radius 3 is 2.44 bits per heavy atom. The summed E-state index contributed by atoms with van der Waals surface area (Å²) in [6.07, 6.45) is -0.130. The molecule has 0 unspecified atom stereocenters. The smallest absolute Gasteiger partial charge is 0.309 e. The molecule has 0 spiro atoms. The van der Waals surface area contributed by atoms with Crippen molar-refractivity contribution in [3.8, 4) is 17.2 Å². The van der Waals surface area contributed by atoms with Gasteiger partial charge in [-0.25, -0.2) is 0 Å². The molecule has 18 heavy (non-hydrogen) atoms. The Morgan fingerprint density at radius 1 is 1.17 bits per heavy atom. The van der Waals surface area contributed by atoms with Gasteiger partial charge in [0.15, 0.2) is 11.5 Å². The first-order valence-corrected chi connectivity index (χ1v) is 5.56. The van der Waals surface area contributed by atoms with Crippen molar-refractivity contribution in [1.29, 1.82) is 0 Å². The van der Waals surface area contributed by atoms with Crippen LogP contribution in [0.4, 0.5) is 0 Å². The third-order valence-electron chi connectivity index (χ3n) is 2.38. The normalized spacial score (nSPS) is 11.6. The lowest BCUT2D eigenvalue weighted by Crippen LogP contribution is -2.18. The van der Waals surface area contributed by atoms with Crippen molar-refractivity contribution in [2.45, 2.75) is 19.4 Å². The van der Waals surface area contributed by atoms with E-state index in [1.807, 2.05) is 0 Å². The molecule has 0 aliphatic heterocycles. The van der Waals surface area contributed by atoms with E-state index in [4.69, 9.17) is 14.2 Å². The second-order valence-electron chi connectivity index (χ2n) is 3.73. The predicted octanol–water partition coefficient (Wildman–Crippen LogP) is 2.03. The Morgan fingerprint density at radius 2 is 1.89 bits per heavy atom. The molecule has 0 N–H and O–H groups in total. The molecular weight excluding hydrogens is 236 g/mol. The average molecular weight is 254 g/mol. The highest BCUT2D eigenvalue weighted by molar-refractivity contribution is 5.69. The molecule has 1 aromatic rings. The molecule has 0 aromatic heterocycles. The van der Waals surface area contributed by atoms with E-state index in [0.29, 0.717) is 17.2 Å². The molecule has 0 bridgehead atoms. The maximum atomic E-state index is 11.1. The van der Waals surface area contributed by atoms with Crippen LogP contribution in [0.15, 0.2) is 18.2 Å². The quantitative estimate of drug-likeness (QED) is 0.727. The van der Waals surface area contributed by atoms with Gasteiger partial charge in [-0.1, -0.05) is 0 Å². The third-order valence-corrected chi connectivity index (χ3v) is 2.38. The van der Waals surface area contributed by atoms with Crippen LogP contribution in [0.25, 0.3) is 0 Å². The summed E-state index contributed by atoms with van der Waals surface area (Å²) in [6, 6.07) is 5.24. The number of hydrogen-bond acceptors (Lipinski definition) is 5. The number of hydrogen-bond donors (Lipinski definition) is 0. The second-order valence-corrected chi connectivity index (χ2v) is 3.73. The summed E-state index contributed by atoms with van der Waals surface area (Å²) in [5.41, 5.74) is 0. The van der Waals surface area contributed by atoms with E-state index in [0.717, 1.165) is 0 Å². The minimum absolute atomic E-state index is 0.177. The van der Waals surface area contributed by atoms with Crippen molar-refractivity contribution < 1.29 is 23.7 Å². The van der Waals surface area contributed by atoms with Gasteiger partial charge >= 0.3 is 5.97 Å². The number of ether oxygens (including phenoxy) is 4. The molecule has 0 radical (unpaired) electrons. The Hall–Kier alpha value is -1.91. The molecule has 0 saturated carbocycles. The molecule has 0 heterocycles. The van der Waals surface area contributed by atoms with E-state index < -0.39 is 0 Å². The van der Waals surface area contributed by atoms with Crippen LogP contribution in [0.1, 0.15) is 13.3 Å². The van der Waals surface area contributed by atoms with Crippen LogP contribution in [0, 0.1) is 0 Å². The van der Waals surface area contributed by atoms with Crippen LogP contribution in [-0.4, -0.2) is 33.4 Å². The van der Waals surface area contributed by atoms with Gasteiger partial charge in [-0.3, -0.25) is 4.79 Å². The van der Waals surface area contributed by atoms with E-state index in [2.05, 4.69) is 4.74 Å². The van der Waals surface area contributed by atoms with Gasteiger partial charge < -0.3 is 18.9 Å². The summed E-state index contributed by atoms with van der Waals surface area (Å²) in [7, 11) is 4.48. The molecule has 1 aromatic carbocycles. The van der Waals surface area contributed by atoms with Crippen molar-refractivity contribution >= 4 is 5.97 Å². The largest absolute Gasteiger partial charge is 0.497 e. The molecule has 0 fully saturated rings. The van der Waals surface area contributed by atoms with E-state index in [9.17, 15) is 4.79 Å². The van der Waals surface area contributed by atoms with Gasteiger partial charge in [0, 0.05) is 6.07 Å². The molecule has 5 heteroatoms. The molecule has 5 nitrogen and oxygen atoms in total. The van der Waals surface area contributed by atoms with Crippen molar-refractivity contribution in [3.05, 3.63) is 18.2 Å². The van der Waals surface area contributed by atoms with Crippen molar-refractivity contribution in [2.75, 3.05) is 21.3 Å². The van der Waals surface area contributed by atoms with Gasteiger partial charge in [-0.05, 0) is 19.1 Å². The minimum Gasteiger partial charge on any atom is -0.497 e. The van der Waals surface area contributed by atoms with Crippen LogP contribution in [0.2, 0.25) is 0 Å². The highest BCUT2D eigenvalue weighted by Gasteiger charge is 2.14. The fourth-order valence-corrected chi connectivity index (χ4v) is 1.45. The third kappa shape index (κ3) is 3.84. The summed E-state index contributed by atoms with van der Waals surface area (Å²) in [5.74, 6) is 1.47. The molecule has 1 atom stereocenters. The molecule has 100 valence electrons. The predicted molar refractivity (Wildman–Crippen MR) is 66.3 cm³/mol. The molecule has 0 aliphatic carbocycles. The standard InChI is InChI=1S/C13H18O5/c1-9(7-13(14)17-4)18-12-8-10(15-2)5-6-11(12)16-3/h5-6,8-9H,7H2,1-4H3/t9-/m1/s1. The topological polar surface area (TPSA) is 54.0 Å². The Kier molecular flexibility index (Phi) is 5.30. The van der Waals surface area contributed by atoms with Crippen LogP contribution in [0.5, 0.6) is 17.2 Å². The van der Waals surface area contributed by atoms with Crippen LogP contribution < -0.4 is 14.2 Å². The molecule has 1 rings (SSSR count). The lowest BCUT2D eigenvalue weighted by atomic mass is 10.2.